The molecule has 0 radical (unpaired) electrons. The van der Waals surface area contributed by atoms with Crippen molar-refractivity contribution in [2.45, 2.75) is 69.4 Å². The van der Waals surface area contributed by atoms with Gasteiger partial charge in [0.05, 0.1) is 0 Å². The smallest absolute Gasteiger partial charge is 0.323 e. The molecule has 19 heavy (non-hydrogen) atoms. The van der Waals surface area contributed by atoms with Crippen molar-refractivity contribution in [2.75, 3.05) is 0 Å². The molecule has 5 saturated carbocycles. The molecule has 0 aromatic heterocycles. The molecule has 0 saturated heterocycles. The van der Waals surface area contributed by atoms with Gasteiger partial charge in [-0.05, 0) is 82.0 Å². The maximum absolute atomic E-state index is 11.8. The minimum Gasteiger partial charge on any atom is -0.480 e. The Kier molecular flexibility index (Phi) is 2.41. The highest BCUT2D eigenvalue weighted by molar-refractivity contribution is 5.79. The van der Waals surface area contributed by atoms with Crippen LogP contribution < -0.4 is 5.32 Å². The molecule has 5 aliphatic rings. The fraction of sp³-hybridized carbons (Fsp3) is 0.938. The summed E-state index contributed by atoms with van der Waals surface area (Å²) in [6.45, 7) is 1.94. The molecule has 0 aromatic carbocycles. The molecule has 2 N–H and O–H groups in total. The molecular formula is C16H25NO2. The topological polar surface area (TPSA) is 49.3 Å². The molecule has 0 spiro atoms. The second kappa shape index (κ2) is 3.75. The van der Waals surface area contributed by atoms with Crippen molar-refractivity contribution < 1.29 is 9.90 Å². The van der Waals surface area contributed by atoms with Crippen LogP contribution in [0, 0.1) is 23.7 Å². The Hall–Kier alpha value is -0.570. The van der Waals surface area contributed by atoms with Crippen LogP contribution in [-0.2, 0) is 4.79 Å². The van der Waals surface area contributed by atoms with Gasteiger partial charge in [-0.25, -0.2) is 0 Å². The molecule has 0 heterocycles. The number of rotatable bonds is 4. The van der Waals surface area contributed by atoms with Crippen LogP contribution in [0.1, 0.15) is 58.3 Å². The lowest BCUT2D eigenvalue weighted by Gasteiger charge is -2.59. The second-order valence-electron chi connectivity index (χ2n) is 8.10. The van der Waals surface area contributed by atoms with E-state index in [4.69, 9.17) is 0 Å². The van der Waals surface area contributed by atoms with E-state index in [1.807, 2.05) is 6.92 Å². The Morgan fingerprint density at radius 3 is 1.95 bits per heavy atom. The van der Waals surface area contributed by atoms with Crippen LogP contribution in [-0.4, -0.2) is 22.2 Å². The van der Waals surface area contributed by atoms with Crippen molar-refractivity contribution in [3.63, 3.8) is 0 Å². The van der Waals surface area contributed by atoms with Gasteiger partial charge >= 0.3 is 5.97 Å². The SMILES string of the molecule is CC(NC12CC3CC(CC(C3)C1)C2)(C(=O)O)C1CC1. The molecule has 1 unspecified atom stereocenters. The zero-order valence-electron chi connectivity index (χ0n) is 11.8. The lowest BCUT2D eigenvalue weighted by Crippen LogP contribution is -2.67. The lowest BCUT2D eigenvalue weighted by molar-refractivity contribution is -0.148. The van der Waals surface area contributed by atoms with Crippen LogP contribution in [0.2, 0.25) is 0 Å². The summed E-state index contributed by atoms with van der Waals surface area (Å²) in [4.78, 5) is 11.8. The Morgan fingerprint density at radius 2 is 1.58 bits per heavy atom. The largest absolute Gasteiger partial charge is 0.480 e. The van der Waals surface area contributed by atoms with Crippen molar-refractivity contribution in [3.8, 4) is 0 Å². The van der Waals surface area contributed by atoms with E-state index in [0.29, 0.717) is 5.92 Å². The average molecular weight is 263 g/mol. The summed E-state index contributed by atoms with van der Waals surface area (Å²) in [5, 5.41) is 13.4. The highest BCUT2D eigenvalue weighted by atomic mass is 16.4. The van der Waals surface area contributed by atoms with Gasteiger partial charge in [0.2, 0.25) is 0 Å². The Balaban J connectivity index is 1.60. The normalized spacial score (nSPS) is 47.1. The van der Waals surface area contributed by atoms with Gasteiger partial charge in [-0.3, -0.25) is 10.1 Å². The number of hydrogen-bond acceptors (Lipinski definition) is 2. The zero-order chi connectivity index (χ0) is 13.3. The van der Waals surface area contributed by atoms with Gasteiger partial charge in [0.15, 0.2) is 0 Å². The molecule has 0 aromatic rings. The first kappa shape index (κ1) is 12.2. The standard InChI is InChI=1S/C16H25NO2/c1-15(14(18)19,13-2-3-13)17-16-7-10-4-11(8-16)6-12(5-10)9-16/h10-13,17H,2-9H2,1H3,(H,18,19). The van der Waals surface area contributed by atoms with Crippen LogP contribution in [0.3, 0.4) is 0 Å². The highest BCUT2D eigenvalue weighted by Crippen LogP contribution is 2.57. The summed E-state index contributed by atoms with van der Waals surface area (Å²) in [7, 11) is 0. The lowest BCUT2D eigenvalue weighted by atomic mass is 9.52. The maximum Gasteiger partial charge on any atom is 0.323 e. The predicted molar refractivity (Wildman–Crippen MR) is 72.8 cm³/mol. The van der Waals surface area contributed by atoms with E-state index in [1.165, 1.54) is 38.5 Å². The Morgan fingerprint density at radius 1 is 1.11 bits per heavy atom. The van der Waals surface area contributed by atoms with Crippen LogP contribution in [0.25, 0.3) is 0 Å². The van der Waals surface area contributed by atoms with Crippen molar-refractivity contribution in [1.29, 1.82) is 0 Å². The minimum absolute atomic E-state index is 0.157. The molecule has 3 heteroatoms. The number of carbonyl (C=O) groups is 1. The van der Waals surface area contributed by atoms with Crippen molar-refractivity contribution >= 4 is 5.97 Å². The van der Waals surface area contributed by atoms with E-state index < -0.39 is 11.5 Å². The predicted octanol–water partition coefficient (Wildman–Crippen LogP) is 2.80. The van der Waals surface area contributed by atoms with Crippen LogP contribution in [0.5, 0.6) is 0 Å². The summed E-state index contributed by atoms with van der Waals surface area (Å²) in [6, 6.07) is 0. The number of carboxylic acid groups (broad SMARTS) is 1. The van der Waals surface area contributed by atoms with Crippen molar-refractivity contribution in [3.05, 3.63) is 0 Å². The molecule has 0 aliphatic heterocycles. The van der Waals surface area contributed by atoms with E-state index in [2.05, 4.69) is 5.32 Å². The van der Waals surface area contributed by atoms with Crippen LogP contribution >= 0.6 is 0 Å². The maximum atomic E-state index is 11.8. The molecule has 5 aliphatic carbocycles. The first-order valence-corrected chi connectivity index (χ1v) is 8.02. The van der Waals surface area contributed by atoms with E-state index >= 15 is 0 Å². The fourth-order valence-corrected chi connectivity index (χ4v) is 5.81. The van der Waals surface area contributed by atoms with Gasteiger partial charge in [-0.2, -0.15) is 0 Å². The van der Waals surface area contributed by atoms with Crippen LogP contribution in [0.15, 0.2) is 0 Å². The van der Waals surface area contributed by atoms with Crippen molar-refractivity contribution in [2.24, 2.45) is 23.7 Å². The quantitative estimate of drug-likeness (QED) is 0.820. The zero-order valence-corrected chi connectivity index (χ0v) is 11.8. The molecule has 106 valence electrons. The average Bonchev–Trinajstić information content (AvgIpc) is 3.09. The van der Waals surface area contributed by atoms with Gasteiger partial charge in [0.25, 0.3) is 0 Å². The molecule has 1 atom stereocenters. The van der Waals surface area contributed by atoms with E-state index in [9.17, 15) is 9.90 Å². The highest BCUT2D eigenvalue weighted by Gasteiger charge is 2.57. The van der Waals surface area contributed by atoms with Gasteiger partial charge in [-0.1, -0.05) is 0 Å². The molecule has 4 bridgehead atoms. The number of carboxylic acids is 1. The number of nitrogens with one attached hydrogen (secondary N) is 1. The van der Waals surface area contributed by atoms with E-state index in [-0.39, 0.29) is 5.54 Å². The number of aliphatic carboxylic acids is 1. The van der Waals surface area contributed by atoms with Gasteiger partial charge in [-0.15, -0.1) is 0 Å². The number of hydrogen-bond donors (Lipinski definition) is 2. The summed E-state index contributed by atoms with van der Waals surface area (Å²) < 4.78 is 0. The molecule has 0 amide bonds. The Bertz CT molecular complexity index is 380. The molecule has 3 nitrogen and oxygen atoms in total. The van der Waals surface area contributed by atoms with Crippen LogP contribution in [0.4, 0.5) is 0 Å². The van der Waals surface area contributed by atoms with E-state index in [1.54, 1.807) is 0 Å². The third kappa shape index (κ3) is 1.84. The first-order valence-electron chi connectivity index (χ1n) is 8.02. The summed E-state index contributed by atoms with van der Waals surface area (Å²) in [6.07, 6.45) is 10.1. The second-order valence-corrected chi connectivity index (χ2v) is 8.10. The molecular weight excluding hydrogens is 238 g/mol. The first-order chi connectivity index (χ1) is 8.99. The summed E-state index contributed by atoms with van der Waals surface area (Å²) >= 11 is 0. The van der Waals surface area contributed by atoms with E-state index in [0.717, 1.165) is 30.6 Å². The van der Waals surface area contributed by atoms with Gasteiger partial charge in [0, 0.05) is 5.54 Å². The third-order valence-corrected chi connectivity index (χ3v) is 6.40. The van der Waals surface area contributed by atoms with Gasteiger partial charge in [0.1, 0.15) is 5.54 Å². The summed E-state index contributed by atoms with van der Waals surface area (Å²) in [5.41, 5.74) is -0.518. The molecule has 5 rings (SSSR count). The third-order valence-electron chi connectivity index (χ3n) is 6.40. The van der Waals surface area contributed by atoms with Gasteiger partial charge < -0.3 is 5.11 Å². The summed E-state index contributed by atoms with van der Waals surface area (Å²) in [5.74, 6) is 2.34. The van der Waals surface area contributed by atoms with Crippen molar-refractivity contribution in [1.82, 2.24) is 5.32 Å². The molecule has 5 fully saturated rings. The minimum atomic E-state index is -0.675. The monoisotopic (exact) mass is 263 g/mol. The Labute approximate surface area is 115 Å². The fourth-order valence-electron chi connectivity index (χ4n) is 5.81.